The molecule has 0 radical (unpaired) electrons. The number of hydrogen-bond donors (Lipinski definition) is 3. The van der Waals surface area contributed by atoms with Crippen LogP contribution in [0.1, 0.15) is 37.3 Å². The van der Waals surface area contributed by atoms with E-state index in [4.69, 9.17) is 31.6 Å². The van der Waals surface area contributed by atoms with Gasteiger partial charge in [-0.15, -0.1) is 0 Å². The first-order valence-electron chi connectivity index (χ1n) is 13.4. The second-order valence-corrected chi connectivity index (χ2v) is 10.0. The number of ether oxygens (including phenoxy) is 2. The van der Waals surface area contributed by atoms with Gasteiger partial charge in [-0.05, 0) is 80.7 Å². The topological polar surface area (TPSA) is 104 Å². The quantitative estimate of drug-likeness (QED) is 0.151. The van der Waals surface area contributed by atoms with E-state index in [0.717, 1.165) is 40.7 Å². The van der Waals surface area contributed by atoms with Gasteiger partial charge in [0, 0.05) is 34.4 Å². The standard InChI is InChI=1S/C24H29N5O2.C7H7ClO/c1-17(25)18-6-8-19(9-7-18)28-24-20-14-22(30-2)23(15-21(20)26-16-27-24)31-13-5-12-29-10-3-4-11-29;8-7-3-1-6(5-9)2-4-7/h6-9,14-16,25H,3-5,10-13H2,1-2H3,(H,26,27,28);1-4,9H,5H2. The van der Waals surface area contributed by atoms with Crippen molar-refractivity contribution in [3.8, 4) is 11.5 Å². The molecule has 0 amide bonds. The second-order valence-electron chi connectivity index (χ2n) is 9.61. The van der Waals surface area contributed by atoms with Crippen LogP contribution in [0.15, 0.2) is 67.0 Å². The molecule has 1 aliphatic rings. The van der Waals surface area contributed by atoms with Crippen molar-refractivity contribution in [2.24, 2.45) is 0 Å². The number of hydrogen-bond acceptors (Lipinski definition) is 8. The van der Waals surface area contributed by atoms with Crippen molar-refractivity contribution in [3.05, 3.63) is 83.1 Å². The Bertz CT molecular complexity index is 1390. The van der Waals surface area contributed by atoms with Crippen LogP contribution in [-0.4, -0.2) is 59.0 Å². The Hall–Kier alpha value is -3.72. The lowest BCUT2D eigenvalue weighted by Gasteiger charge is -2.16. The summed E-state index contributed by atoms with van der Waals surface area (Å²) in [6.45, 7) is 5.98. The van der Waals surface area contributed by atoms with E-state index in [2.05, 4.69) is 20.2 Å². The smallest absolute Gasteiger partial charge is 0.163 e. The molecular formula is C31H36ClN5O3. The molecule has 0 spiro atoms. The number of nitrogens with one attached hydrogen (secondary N) is 2. The van der Waals surface area contributed by atoms with Gasteiger partial charge < -0.3 is 30.2 Å². The van der Waals surface area contributed by atoms with Crippen molar-refractivity contribution >= 4 is 39.7 Å². The zero-order chi connectivity index (χ0) is 28.3. The van der Waals surface area contributed by atoms with Crippen LogP contribution in [0.4, 0.5) is 11.5 Å². The lowest BCUT2D eigenvalue weighted by molar-refractivity contribution is 0.254. The van der Waals surface area contributed by atoms with Gasteiger partial charge in [0.2, 0.25) is 0 Å². The second kappa shape index (κ2) is 14.6. The fourth-order valence-electron chi connectivity index (χ4n) is 4.44. The summed E-state index contributed by atoms with van der Waals surface area (Å²) in [5.74, 6) is 2.07. The number of anilines is 2. The average molecular weight is 562 g/mol. The molecule has 1 fully saturated rings. The Balaban J connectivity index is 0.000000350. The van der Waals surface area contributed by atoms with Crippen LogP contribution in [-0.2, 0) is 6.61 Å². The Kier molecular flexibility index (Phi) is 10.7. The van der Waals surface area contributed by atoms with Crippen LogP contribution in [0.2, 0.25) is 5.02 Å². The highest BCUT2D eigenvalue weighted by Crippen LogP contribution is 2.35. The van der Waals surface area contributed by atoms with Crippen LogP contribution in [0.25, 0.3) is 10.9 Å². The normalized spacial score (nSPS) is 13.0. The number of fused-ring (bicyclic) bond motifs is 1. The lowest BCUT2D eigenvalue weighted by atomic mass is 10.1. The van der Waals surface area contributed by atoms with Gasteiger partial charge in [0.1, 0.15) is 12.1 Å². The SMILES string of the molecule is COc1cc2c(Nc3ccc(C(C)=N)cc3)ncnc2cc1OCCCN1CCCC1.OCc1ccc(Cl)cc1. The summed E-state index contributed by atoms with van der Waals surface area (Å²) in [7, 11) is 1.65. The zero-order valence-electron chi connectivity index (χ0n) is 23.0. The van der Waals surface area contributed by atoms with Gasteiger partial charge in [0.05, 0.1) is 25.8 Å². The van der Waals surface area contributed by atoms with E-state index in [1.807, 2.05) is 36.4 Å². The molecule has 40 heavy (non-hydrogen) atoms. The number of benzene rings is 3. The molecule has 1 aliphatic heterocycles. The van der Waals surface area contributed by atoms with E-state index in [-0.39, 0.29) is 6.61 Å². The molecule has 0 bridgehead atoms. The van der Waals surface area contributed by atoms with Crippen molar-refractivity contribution in [1.29, 1.82) is 5.41 Å². The Morgan fingerprint density at radius 1 is 1.02 bits per heavy atom. The maximum atomic E-state index is 8.59. The fourth-order valence-corrected chi connectivity index (χ4v) is 4.57. The highest BCUT2D eigenvalue weighted by atomic mass is 35.5. The number of aromatic nitrogens is 2. The minimum Gasteiger partial charge on any atom is -0.493 e. The predicted octanol–water partition coefficient (Wildman–Crippen LogP) is 6.47. The molecule has 0 unspecified atom stereocenters. The van der Waals surface area contributed by atoms with Crippen molar-refractivity contribution in [3.63, 3.8) is 0 Å². The predicted molar refractivity (Wildman–Crippen MR) is 161 cm³/mol. The van der Waals surface area contributed by atoms with E-state index in [9.17, 15) is 0 Å². The summed E-state index contributed by atoms with van der Waals surface area (Å²) in [6, 6.07) is 18.7. The summed E-state index contributed by atoms with van der Waals surface area (Å²) in [5, 5.41) is 21.2. The zero-order valence-corrected chi connectivity index (χ0v) is 23.7. The molecule has 2 heterocycles. The van der Waals surface area contributed by atoms with E-state index in [0.29, 0.717) is 34.7 Å². The van der Waals surface area contributed by atoms with Crippen molar-refractivity contribution < 1.29 is 14.6 Å². The summed E-state index contributed by atoms with van der Waals surface area (Å²) in [5.41, 5.74) is 4.01. The summed E-state index contributed by atoms with van der Waals surface area (Å²) in [4.78, 5) is 11.3. The average Bonchev–Trinajstić information content (AvgIpc) is 3.50. The molecule has 4 aromatic rings. The molecular weight excluding hydrogens is 526 g/mol. The first kappa shape index (κ1) is 29.3. The van der Waals surface area contributed by atoms with Crippen molar-refractivity contribution in [2.75, 3.05) is 38.7 Å². The monoisotopic (exact) mass is 561 g/mol. The van der Waals surface area contributed by atoms with Crippen LogP contribution in [0.5, 0.6) is 11.5 Å². The number of nitrogens with zero attached hydrogens (tertiary/aromatic N) is 3. The fraction of sp³-hybridized carbons (Fsp3) is 0.323. The van der Waals surface area contributed by atoms with Crippen LogP contribution < -0.4 is 14.8 Å². The largest absolute Gasteiger partial charge is 0.493 e. The highest BCUT2D eigenvalue weighted by molar-refractivity contribution is 6.30. The number of aliphatic hydroxyl groups is 1. The van der Waals surface area contributed by atoms with Gasteiger partial charge in [0.25, 0.3) is 0 Å². The first-order valence-corrected chi connectivity index (χ1v) is 13.8. The van der Waals surface area contributed by atoms with Crippen molar-refractivity contribution in [1.82, 2.24) is 14.9 Å². The van der Waals surface area contributed by atoms with E-state index < -0.39 is 0 Å². The maximum absolute atomic E-state index is 8.59. The number of likely N-dealkylation sites (tertiary alicyclic amines) is 1. The summed E-state index contributed by atoms with van der Waals surface area (Å²) in [6.07, 6.45) is 5.15. The molecule has 1 saturated heterocycles. The van der Waals surface area contributed by atoms with E-state index >= 15 is 0 Å². The van der Waals surface area contributed by atoms with Gasteiger partial charge in [-0.25, -0.2) is 9.97 Å². The van der Waals surface area contributed by atoms with Gasteiger partial charge >= 0.3 is 0 Å². The van der Waals surface area contributed by atoms with E-state index in [1.54, 1.807) is 44.6 Å². The first-order chi connectivity index (χ1) is 19.5. The minimum absolute atomic E-state index is 0.0805. The lowest BCUT2D eigenvalue weighted by Crippen LogP contribution is -2.21. The molecule has 210 valence electrons. The Morgan fingerprint density at radius 3 is 2.40 bits per heavy atom. The molecule has 3 N–H and O–H groups in total. The maximum Gasteiger partial charge on any atom is 0.163 e. The third-order valence-corrected chi connectivity index (χ3v) is 6.92. The van der Waals surface area contributed by atoms with Crippen LogP contribution >= 0.6 is 11.6 Å². The third kappa shape index (κ3) is 8.14. The van der Waals surface area contributed by atoms with Gasteiger partial charge in [-0.1, -0.05) is 35.9 Å². The summed E-state index contributed by atoms with van der Waals surface area (Å²) >= 11 is 5.59. The number of methoxy groups -OCH3 is 1. The number of rotatable bonds is 10. The molecule has 0 atom stereocenters. The number of halogens is 1. The van der Waals surface area contributed by atoms with Crippen LogP contribution in [0, 0.1) is 5.41 Å². The van der Waals surface area contributed by atoms with Gasteiger partial charge in [-0.2, -0.15) is 0 Å². The molecule has 9 heteroatoms. The molecule has 0 saturated carbocycles. The molecule has 5 rings (SSSR count). The number of aliphatic hydroxyl groups excluding tert-OH is 1. The van der Waals surface area contributed by atoms with E-state index in [1.165, 1.54) is 25.9 Å². The molecule has 8 nitrogen and oxygen atoms in total. The van der Waals surface area contributed by atoms with Crippen molar-refractivity contribution in [2.45, 2.75) is 32.8 Å². The molecule has 3 aromatic carbocycles. The molecule has 0 aliphatic carbocycles. The van der Waals surface area contributed by atoms with Gasteiger partial charge in [-0.3, -0.25) is 0 Å². The molecule has 1 aromatic heterocycles. The summed E-state index contributed by atoms with van der Waals surface area (Å²) < 4.78 is 11.6. The Labute approximate surface area is 240 Å². The highest BCUT2D eigenvalue weighted by Gasteiger charge is 2.14. The van der Waals surface area contributed by atoms with Crippen LogP contribution in [0.3, 0.4) is 0 Å². The third-order valence-electron chi connectivity index (χ3n) is 6.67. The van der Waals surface area contributed by atoms with Gasteiger partial charge in [0.15, 0.2) is 11.5 Å². The minimum atomic E-state index is 0.0805. The Morgan fingerprint density at radius 2 is 1.75 bits per heavy atom.